The summed E-state index contributed by atoms with van der Waals surface area (Å²) in [5, 5.41) is 21.4. The van der Waals surface area contributed by atoms with Crippen molar-refractivity contribution in [3.63, 3.8) is 0 Å². The minimum absolute atomic E-state index is 0.0299. The summed E-state index contributed by atoms with van der Waals surface area (Å²) in [4.78, 5) is 12.3. The van der Waals surface area contributed by atoms with Crippen LogP contribution in [0.25, 0.3) is 0 Å². The first kappa shape index (κ1) is 24.8. The molecule has 2 N–H and O–H groups in total. The zero-order valence-corrected chi connectivity index (χ0v) is 20.1. The number of hydrogen-bond acceptors (Lipinski definition) is 7. The van der Waals surface area contributed by atoms with E-state index in [-0.39, 0.29) is 23.7 Å². The molecule has 0 radical (unpaired) electrons. The Morgan fingerprint density at radius 3 is 2.58 bits per heavy atom. The molecule has 1 aromatic heterocycles. The lowest BCUT2D eigenvalue weighted by molar-refractivity contribution is -0.113. The lowest BCUT2D eigenvalue weighted by Gasteiger charge is -2.22. The molecule has 3 aromatic rings. The number of anilines is 2. The summed E-state index contributed by atoms with van der Waals surface area (Å²) in [6.07, 6.45) is 1.05. The third-order valence-corrected chi connectivity index (χ3v) is 6.82. The summed E-state index contributed by atoms with van der Waals surface area (Å²) in [7, 11) is -3.69. The van der Waals surface area contributed by atoms with Crippen LogP contribution in [-0.2, 0) is 27.9 Å². The van der Waals surface area contributed by atoms with Crippen molar-refractivity contribution in [1.29, 1.82) is 0 Å². The number of nitrogens with one attached hydrogen (secondary N) is 1. The molecule has 0 unspecified atom stereocenters. The van der Waals surface area contributed by atoms with Gasteiger partial charge >= 0.3 is 0 Å². The molecule has 0 fully saturated rings. The van der Waals surface area contributed by atoms with E-state index in [9.17, 15) is 22.7 Å². The largest absolute Gasteiger partial charge is 0.506 e. The smallest absolute Gasteiger partial charge is 0.234 e. The van der Waals surface area contributed by atoms with E-state index in [4.69, 9.17) is 11.6 Å². The summed E-state index contributed by atoms with van der Waals surface area (Å²) in [6.45, 7) is 2.15. The van der Waals surface area contributed by atoms with Crippen LogP contribution >= 0.6 is 23.4 Å². The van der Waals surface area contributed by atoms with E-state index in [2.05, 4.69) is 15.5 Å². The third-order valence-electron chi connectivity index (χ3n) is 4.47. The summed E-state index contributed by atoms with van der Waals surface area (Å²) < 4.78 is 40.8. The van der Waals surface area contributed by atoms with Crippen molar-refractivity contribution in [2.75, 3.05) is 21.6 Å². The molecule has 1 amide bonds. The van der Waals surface area contributed by atoms with Gasteiger partial charge < -0.3 is 15.0 Å². The second-order valence-electron chi connectivity index (χ2n) is 6.89. The van der Waals surface area contributed by atoms with Crippen molar-refractivity contribution in [1.82, 2.24) is 14.8 Å². The molecular formula is C20H21ClFN5O4S2. The van der Waals surface area contributed by atoms with Crippen LogP contribution < -0.4 is 9.62 Å². The molecule has 176 valence electrons. The number of hydrogen-bond donors (Lipinski definition) is 2. The third kappa shape index (κ3) is 6.36. The zero-order valence-electron chi connectivity index (χ0n) is 17.7. The number of sulfonamides is 1. The molecule has 0 spiro atoms. The molecule has 1 heterocycles. The van der Waals surface area contributed by atoms with Crippen LogP contribution in [0.5, 0.6) is 5.75 Å². The Kier molecular flexibility index (Phi) is 7.82. The van der Waals surface area contributed by atoms with Crippen molar-refractivity contribution in [2.45, 2.75) is 25.2 Å². The van der Waals surface area contributed by atoms with Gasteiger partial charge in [0.2, 0.25) is 15.9 Å². The van der Waals surface area contributed by atoms with Crippen molar-refractivity contribution in [3.8, 4) is 5.75 Å². The average Bonchev–Trinajstić information content (AvgIpc) is 3.14. The van der Waals surface area contributed by atoms with Gasteiger partial charge in [-0.15, -0.1) is 10.2 Å². The second kappa shape index (κ2) is 10.4. The van der Waals surface area contributed by atoms with E-state index in [0.29, 0.717) is 28.2 Å². The number of carbonyl (C=O) groups excluding carboxylic acids is 1. The summed E-state index contributed by atoms with van der Waals surface area (Å²) in [6, 6.07) is 9.40. The molecule has 9 nitrogen and oxygen atoms in total. The van der Waals surface area contributed by atoms with Gasteiger partial charge in [-0.25, -0.2) is 12.8 Å². The van der Waals surface area contributed by atoms with E-state index in [0.717, 1.165) is 22.3 Å². The predicted molar refractivity (Wildman–Crippen MR) is 126 cm³/mol. The Bertz CT molecular complexity index is 1250. The van der Waals surface area contributed by atoms with E-state index < -0.39 is 21.7 Å². The molecule has 0 aliphatic heterocycles. The monoisotopic (exact) mass is 513 g/mol. The van der Waals surface area contributed by atoms with Gasteiger partial charge in [0.15, 0.2) is 11.0 Å². The van der Waals surface area contributed by atoms with Gasteiger partial charge in [-0.05, 0) is 49.4 Å². The highest BCUT2D eigenvalue weighted by atomic mass is 35.5. The van der Waals surface area contributed by atoms with Gasteiger partial charge in [-0.3, -0.25) is 9.10 Å². The number of thioether (sulfide) groups is 1. The molecule has 3 rings (SSSR count). The molecule has 33 heavy (non-hydrogen) atoms. The van der Waals surface area contributed by atoms with E-state index >= 15 is 0 Å². The molecule has 0 saturated carbocycles. The van der Waals surface area contributed by atoms with Gasteiger partial charge in [0.1, 0.15) is 11.6 Å². The van der Waals surface area contributed by atoms with Gasteiger partial charge in [0, 0.05) is 11.6 Å². The minimum atomic E-state index is -3.69. The van der Waals surface area contributed by atoms with E-state index in [1.54, 1.807) is 4.57 Å². The molecule has 2 aromatic carbocycles. The molecule has 0 bridgehead atoms. The maximum atomic E-state index is 13.3. The van der Waals surface area contributed by atoms with Crippen LogP contribution in [-0.4, -0.2) is 46.2 Å². The first-order valence-corrected chi connectivity index (χ1v) is 12.9. The van der Waals surface area contributed by atoms with Crippen molar-refractivity contribution < 1.29 is 22.7 Å². The highest BCUT2D eigenvalue weighted by Gasteiger charge is 2.22. The predicted octanol–water partition coefficient (Wildman–Crippen LogP) is 3.49. The van der Waals surface area contributed by atoms with Crippen molar-refractivity contribution >= 4 is 50.7 Å². The summed E-state index contributed by atoms with van der Waals surface area (Å²) >= 11 is 6.99. The zero-order chi connectivity index (χ0) is 24.2. The average molecular weight is 514 g/mol. The second-order valence-corrected chi connectivity index (χ2v) is 10.2. The Morgan fingerprint density at radius 1 is 1.24 bits per heavy atom. The van der Waals surface area contributed by atoms with Crippen LogP contribution in [0.1, 0.15) is 12.7 Å². The van der Waals surface area contributed by atoms with E-state index in [1.807, 2.05) is 6.92 Å². The Morgan fingerprint density at radius 2 is 1.94 bits per heavy atom. The number of nitrogens with zero attached hydrogens (tertiary/aromatic N) is 4. The van der Waals surface area contributed by atoms with Crippen LogP contribution in [0.4, 0.5) is 15.8 Å². The standard InChI is InChI=1S/C20H21ClFN5O4S2/c1-3-26-18(11-27(33(2,30)31)15-7-5-14(22)6-8-15)24-25-20(26)32-12-19(29)23-16-10-13(21)4-9-17(16)28/h4-10,28H,3,11-12H2,1-2H3,(H,23,29). The molecule has 0 aliphatic carbocycles. The van der Waals surface area contributed by atoms with Crippen LogP contribution in [0.15, 0.2) is 47.6 Å². The number of halogens is 2. The normalized spacial score (nSPS) is 11.4. The lowest BCUT2D eigenvalue weighted by atomic mass is 10.3. The topological polar surface area (TPSA) is 117 Å². The molecule has 0 atom stereocenters. The number of amides is 1. The first-order valence-electron chi connectivity index (χ1n) is 9.65. The van der Waals surface area contributed by atoms with Gasteiger partial charge in [0.05, 0.1) is 29.9 Å². The number of benzene rings is 2. The number of aromatic nitrogens is 3. The van der Waals surface area contributed by atoms with Crippen LogP contribution in [0.2, 0.25) is 5.02 Å². The maximum Gasteiger partial charge on any atom is 0.234 e. The fourth-order valence-electron chi connectivity index (χ4n) is 2.92. The summed E-state index contributed by atoms with van der Waals surface area (Å²) in [5.41, 5.74) is 0.480. The highest BCUT2D eigenvalue weighted by molar-refractivity contribution is 7.99. The number of carbonyl (C=O) groups is 1. The molecular weight excluding hydrogens is 493 g/mol. The minimum Gasteiger partial charge on any atom is -0.506 e. The SMILES string of the molecule is CCn1c(CN(c2ccc(F)cc2)S(C)(=O)=O)nnc1SCC(=O)Nc1cc(Cl)ccc1O. The summed E-state index contributed by atoms with van der Waals surface area (Å²) in [5.74, 6) is -0.653. The number of aromatic hydroxyl groups is 1. The van der Waals surface area contributed by atoms with Crippen molar-refractivity contribution in [2.24, 2.45) is 0 Å². The van der Waals surface area contributed by atoms with Gasteiger partial charge in [0.25, 0.3) is 0 Å². The van der Waals surface area contributed by atoms with Crippen LogP contribution in [0.3, 0.4) is 0 Å². The number of rotatable bonds is 9. The Labute approximate surface area is 199 Å². The number of phenols is 1. The van der Waals surface area contributed by atoms with Gasteiger partial charge in [-0.1, -0.05) is 23.4 Å². The molecule has 0 saturated heterocycles. The van der Waals surface area contributed by atoms with Gasteiger partial charge in [-0.2, -0.15) is 0 Å². The molecule has 13 heteroatoms. The van der Waals surface area contributed by atoms with E-state index in [1.165, 1.54) is 42.5 Å². The first-order chi connectivity index (χ1) is 15.6. The van der Waals surface area contributed by atoms with Crippen LogP contribution in [0, 0.1) is 5.82 Å². The van der Waals surface area contributed by atoms with Crippen molar-refractivity contribution in [3.05, 3.63) is 59.1 Å². The fourth-order valence-corrected chi connectivity index (χ4v) is 4.77. The lowest BCUT2D eigenvalue weighted by Crippen LogP contribution is -2.30. The highest BCUT2D eigenvalue weighted by Crippen LogP contribution is 2.27. The maximum absolute atomic E-state index is 13.3. The Hall–Kier alpha value is -2.83. The molecule has 0 aliphatic rings. The fraction of sp³-hybridized carbons (Fsp3) is 0.250. The Balaban J connectivity index is 1.74. The quantitative estimate of drug-likeness (QED) is 0.332. The number of phenolic OH excluding ortho intramolecular Hbond substituents is 1.